The zero-order chi connectivity index (χ0) is 17.8. The van der Waals surface area contributed by atoms with Crippen LogP contribution in [0.25, 0.3) is 0 Å². The lowest BCUT2D eigenvalue weighted by Gasteiger charge is -2.05. The topological polar surface area (TPSA) is 122 Å². The Morgan fingerprint density at radius 2 is 2.12 bits per heavy atom. The van der Waals surface area contributed by atoms with Crippen LogP contribution in [0.15, 0.2) is 38.9 Å². The summed E-state index contributed by atoms with van der Waals surface area (Å²) in [5, 5.41) is 3.07. The van der Waals surface area contributed by atoms with Crippen LogP contribution >= 0.6 is 11.8 Å². The van der Waals surface area contributed by atoms with Gasteiger partial charge < -0.3 is 15.8 Å². The fourth-order valence-electron chi connectivity index (χ4n) is 2.33. The highest BCUT2D eigenvalue weighted by Crippen LogP contribution is 2.24. The lowest BCUT2D eigenvalue weighted by atomic mass is 10.2. The van der Waals surface area contributed by atoms with Crippen molar-refractivity contribution >= 4 is 40.9 Å². The number of aromatic nitrogens is 2. The van der Waals surface area contributed by atoms with E-state index in [9.17, 15) is 9.59 Å². The zero-order valence-corrected chi connectivity index (χ0v) is 14.4. The summed E-state index contributed by atoms with van der Waals surface area (Å²) >= 11 is 1.58. The first-order chi connectivity index (χ1) is 12.1. The van der Waals surface area contributed by atoms with Crippen molar-refractivity contribution in [1.82, 2.24) is 9.97 Å². The van der Waals surface area contributed by atoms with E-state index in [1.807, 2.05) is 12.1 Å². The van der Waals surface area contributed by atoms with E-state index in [0.717, 1.165) is 10.6 Å². The number of carbonyl (C=O) groups is 1. The summed E-state index contributed by atoms with van der Waals surface area (Å²) in [5.41, 5.74) is 6.83. The predicted molar refractivity (Wildman–Crippen MR) is 98.0 cm³/mol. The molecule has 1 aliphatic rings. The number of thioether (sulfide) groups is 1. The molecule has 0 bridgehead atoms. The molecule has 0 radical (unpaired) electrons. The van der Waals surface area contributed by atoms with Crippen molar-refractivity contribution in [1.29, 1.82) is 0 Å². The molecule has 8 nitrogen and oxygen atoms in total. The van der Waals surface area contributed by atoms with Crippen LogP contribution in [0.4, 0.5) is 17.5 Å². The van der Waals surface area contributed by atoms with Crippen LogP contribution < -0.4 is 16.6 Å². The molecule has 0 fully saturated rings. The molecule has 130 valence electrons. The Labute approximate surface area is 147 Å². The van der Waals surface area contributed by atoms with Crippen molar-refractivity contribution < 1.29 is 9.53 Å². The van der Waals surface area contributed by atoms with Gasteiger partial charge in [0.15, 0.2) is 11.5 Å². The van der Waals surface area contributed by atoms with Crippen LogP contribution in [0.1, 0.15) is 16.8 Å². The number of methoxy groups -OCH3 is 1. The maximum atomic E-state index is 12.0. The molecule has 0 unspecified atom stereocenters. The second-order valence-electron chi connectivity index (χ2n) is 5.31. The van der Waals surface area contributed by atoms with Crippen molar-refractivity contribution in [2.45, 2.75) is 11.3 Å². The van der Waals surface area contributed by atoms with Gasteiger partial charge in [0.05, 0.1) is 12.7 Å². The predicted octanol–water partition coefficient (Wildman–Crippen LogP) is 1.82. The van der Waals surface area contributed by atoms with Crippen LogP contribution in [0, 0.1) is 0 Å². The van der Waals surface area contributed by atoms with E-state index in [2.05, 4.69) is 25.0 Å². The molecule has 1 aromatic carbocycles. The van der Waals surface area contributed by atoms with Gasteiger partial charge in [-0.05, 0) is 24.3 Å². The van der Waals surface area contributed by atoms with Crippen LogP contribution in [-0.4, -0.2) is 41.1 Å². The fourth-order valence-corrected chi connectivity index (χ4v) is 3.20. The first-order valence-corrected chi connectivity index (χ1v) is 8.56. The number of aromatic amines is 1. The minimum atomic E-state index is -0.363. The van der Waals surface area contributed by atoms with Gasteiger partial charge in [-0.1, -0.05) is 0 Å². The number of H-pyrrole nitrogens is 1. The summed E-state index contributed by atoms with van der Waals surface area (Å²) in [6.07, 6.45) is 0.697. The average Bonchev–Trinajstić information content (AvgIpc) is 2.82. The Morgan fingerprint density at radius 3 is 2.84 bits per heavy atom. The Morgan fingerprint density at radius 1 is 1.36 bits per heavy atom. The number of aliphatic imine (C=N–C) groups is 1. The summed E-state index contributed by atoms with van der Waals surface area (Å²) in [6.45, 7) is 0.629. The Balaban J connectivity index is 1.73. The van der Waals surface area contributed by atoms with E-state index in [1.165, 1.54) is 7.11 Å². The molecule has 0 amide bonds. The molecule has 0 saturated heterocycles. The van der Waals surface area contributed by atoms with Crippen LogP contribution in [-0.2, 0) is 4.74 Å². The van der Waals surface area contributed by atoms with E-state index in [4.69, 9.17) is 5.73 Å². The second-order valence-corrected chi connectivity index (χ2v) is 6.36. The Hall–Kier alpha value is -2.81. The number of hydrogen-bond donors (Lipinski definition) is 3. The first kappa shape index (κ1) is 17.0. The second kappa shape index (κ2) is 7.39. The molecule has 0 atom stereocenters. The lowest BCUT2D eigenvalue weighted by Crippen LogP contribution is -2.13. The van der Waals surface area contributed by atoms with Gasteiger partial charge in [-0.2, -0.15) is 4.98 Å². The summed E-state index contributed by atoms with van der Waals surface area (Å²) < 4.78 is 4.68. The van der Waals surface area contributed by atoms with Crippen molar-refractivity contribution in [2.75, 3.05) is 30.5 Å². The number of benzene rings is 1. The van der Waals surface area contributed by atoms with Gasteiger partial charge in [0.2, 0.25) is 5.95 Å². The number of nitrogens with two attached hydrogens (primary N) is 1. The van der Waals surface area contributed by atoms with Gasteiger partial charge in [0.25, 0.3) is 5.56 Å². The Bertz CT molecular complexity index is 876. The van der Waals surface area contributed by atoms with Gasteiger partial charge in [-0.25, -0.2) is 9.79 Å². The maximum absolute atomic E-state index is 12.0. The largest absolute Gasteiger partial charge is 0.465 e. The molecule has 4 N–H and O–H groups in total. The van der Waals surface area contributed by atoms with Gasteiger partial charge in [0.1, 0.15) is 0 Å². The molecule has 2 heterocycles. The lowest BCUT2D eigenvalue weighted by molar-refractivity contribution is 0.0600. The number of nitrogens with one attached hydrogen (secondary N) is 2. The summed E-state index contributed by atoms with van der Waals surface area (Å²) in [7, 11) is 1.35. The molecule has 0 aliphatic carbocycles. The summed E-state index contributed by atoms with van der Waals surface area (Å²) in [5.74, 6) is 0.736. The van der Waals surface area contributed by atoms with Crippen molar-refractivity contribution in [2.24, 2.45) is 4.99 Å². The number of rotatable bonds is 4. The van der Waals surface area contributed by atoms with E-state index in [1.54, 1.807) is 23.9 Å². The summed E-state index contributed by atoms with van der Waals surface area (Å²) in [4.78, 5) is 35.4. The molecule has 25 heavy (non-hydrogen) atoms. The number of esters is 1. The fraction of sp³-hybridized carbons (Fsp3) is 0.250. The van der Waals surface area contributed by atoms with Gasteiger partial charge in [-0.3, -0.25) is 9.78 Å². The van der Waals surface area contributed by atoms with Crippen molar-refractivity contribution in [3.8, 4) is 0 Å². The number of nitrogens with zero attached hydrogens (tertiary/aromatic N) is 2. The minimum absolute atomic E-state index is 0.0648. The third-order valence-electron chi connectivity index (χ3n) is 3.57. The molecule has 0 spiro atoms. The molecule has 1 aliphatic heterocycles. The Kier molecular flexibility index (Phi) is 5.03. The monoisotopic (exact) mass is 359 g/mol. The standard InChI is InChI=1S/C16H17N5O3S/c1-24-15(23)9-2-4-11(5-3-9)25-8-10-6-7-18-13-12(19-10)14(22)21-16(17)20-13/h2-5H,6-8H2,1H3,(H4,17,18,20,21,22). The van der Waals surface area contributed by atoms with E-state index in [0.29, 0.717) is 30.1 Å². The number of hydrogen-bond acceptors (Lipinski definition) is 8. The first-order valence-electron chi connectivity index (χ1n) is 7.58. The zero-order valence-electron chi connectivity index (χ0n) is 13.5. The molecule has 0 saturated carbocycles. The molecule has 1 aromatic heterocycles. The van der Waals surface area contributed by atoms with E-state index < -0.39 is 0 Å². The molecule has 2 aromatic rings. The number of anilines is 2. The highest BCUT2D eigenvalue weighted by atomic mass is 32.2. The van der Waals surface area contributed by atoms with E-state index >= 15 is 0 Å². The highest BCUT2D eigenvalue weighted by molar-refractivity contribution is 8.00. The molecular weight excluding hydrogens is 342 g/mol. The molecule has 3 rings (SSSR count). The minimum Gasteiger partial charge on any atom is -0.465 e. The van der Waals surface area contributed by atoms with Crippen molar-refractivity contribution in [3.05, 3.63) is 40.2 Å². The van der Waals surface area contributed by atoms with Gasteiger partial charge in [-0.15, -0.1) is 11.8 Å². The third-order valence-corrected chi connectivity index (χ3v) is 4.65. The third kappa shape index (κ3) is 4.00. The van der Waals surface area contributed by atoms with Gasteiger partial charge >= 0.3 is 5.97 Å². The quantitative estimate of drug-likeness (QED) is 0.562. The molecular formula is C16H17N5O3S. The van der Waals surface area contributed by atoms with Crippen molar-refractivity contribution in [3.63, 3.8) is 0 Å². The number of carbonyl (C=O) groups excluding carboxylic acids is 1. The van der Waals surface area contributed by atoms with Crippen LogP contribution in [0.5, 0.6) is 0 Å². The number of ether oxygens (including phenoxy) is 1. The average molecular weight is 359 g/mol. The van der Waals surface area contributed by atoms with Gasteiger partial charge in [0, 0.05) is 29.3 Å². The molecule has 9 heteroatoms. The SMILES string of the molecule is COC(=O)c1ccc(SCC2=Nc3c(nc(N)[nH]c3=O)NCC2)cc1. The highest BCUT2D eigenvalue weighted by Gasteiger charge is 2.15. The maximum Gasteiger partial charge on any atom is 0.337 e. The number of fused-ring (bicyclic) bond motifs is 1. The number of nitrogen functional groups attached to an aromatic ring is 1. The van der Waals surface area contributed by atoms with Crippen LogP contribution in [0.2, 0.25) is 0 Å². The summed E-state index contributed by atoms with van der Waals surface area (Å²) in [6, 6.07) is 7.15. The smallest absolute Gasteiger partial charge is 0.337 e. The normalized spacial score (nSPS) is 13.2. The van der Waals surface area contributed by atoms with Crippen LogP contribution in [0.3, 0.4) is 0 Å². The van der Waals surface area contributed by atoms with E-state index in [-0.39, 0.29) is 23.2 Å².